The molecular formula is C25H49NO3. The van der Waals surface area contributed by atoms with Crippen LogP contribution in [0.15, 0.2) is 0 Å². The van der Waals surface area contributed by atoms with Crippen molar-refractivity contribution in [3.05, 3.63) is 0 Å². The Hall–Kier alpha value is -1.06. The van der Waals surface area contributed by atoms with E-state index in [0.717, 1.165) is 38.5 Å². The molecule has 0 radical (unpaired) electrons. The first-order valence-corrected chi connectivity index (χ1v) is 12.6. The highest BCUT2D eigenvalue weighted by molar-refractivity contribution is 5.67. The molecule has 0 spiro atoms. The maximum Gasteiger partial charge on any atom is 0.407 e. The Kier molecular flexibility index (Phi) is 22.4. The largest absolute Gasteiger partial charge is 0.447 e. The van der Waals surface area contributed by atoms with Gasteiger partial charge < -0.3 is 14.8 Å². The highest BCUT2D eigenvalue weighted by Crippen LogP contribution is 2.14. The number of rotatable bonds is 22. The summed E-state index contributed by atoms with van der Waals surface area (Å²) in [7, 11) is 0. The molecule has 1 atom stereocenters. The van der Waals surface area contributed by atoms with E-state index in [2.05, 4.69) is 5.32 Å². The average Bonchev–Trinajstić information content (AvgIpc) is 2.72. The molecule has 0 saturated heterocycles. The summed E-state index contributed by atoms with van der Waals surface area (Å²) in [6.07, 6.45) is 24.6. The van der Waals surface area contributed by atoms with E-state index in [9.17, 15) is 9.59 Å². The Morgan fingerprint density at radius 2 is 1.10 bits per heavy atom. The van der Waals surface area contributed by atoms with Gasteiger partial charge in [0.1, 0.15) is 12.4 Å². The number of unbranched alkanes of at least 4 members (excludes halogenated alkanes) is 17. The van der Waals surface area contributed by atoms with Crippen molar-refractivity contribution in [1.82, 2.24) is 5.32 Å². The number of ether oxygens (including phenoxy) is 1. The molecule has 0 heterocycles. The number of aldehydes is 1. The van der Waals surface area contributed by atoms with Crippen LogP contribution in [-0.2, 0) is 9.53 Å². The van der Waals surface area contributed by atoms with E-state index in [1.54, 1.807) is 0 Å². The monoisotopic (exact) mass is 411 g/mol. The molecule has 172 valence electrons. The van der Waals surface area contributed by atoms with Crippen molar-refractivity contribution >= 4 is 12.4 Å². The Morgan fingerprint density at radius 3 is 1.48 bits per heavy atom. The molecule has 0 aliphatic carbocycles. The molecule has 0 aromatic heterocycles. The maximum absolute atomic E-state index is 11.5. The van der Waals surface area contributed by atoms with Crippen LogP contribution >= 0.6 is 0 Å². The summed E-state index contributed by atoms with van der Waals surface area (Å²) >= 11 is 0. The lowest BCUT2D eigenvalue weighted by Crippen LogP contribution is -2.28. The molecule has 0 aromatic carbocycles. The van der Waals surface area contributed by atoms with Gasteiger partial charge in [-0.2, -0.15) is 0 Å². The van der Waals surface area contributed by atoms with Crippen molar-refractivity contribution in [3.63, 3.8) is 0 Å². The molecule has 0 fully saturated rings. The van der Waals surface area contributed by atoms with E-state index in [-0.39, 0.29) is 12.2 Å². The molecule has 0 rings (SSSR count). The van der Waals surface area contributed by atoms with Crippen molar-refractivity contribution in [2.75, 3.05) is 6.54 Å². The van der Waals surface area contributed by atoms with Crippen LogP contribution < -0.4 is 5.32 Å². The minimum Gasteiger partial charge on any atom is -0.447 e. The first-order valence-electron chi connectivity index (χ1n) is 12.6. The van der Waals surface area contributed by atoms with Gasteiger partial charge in [-0.25, -0.2) is 4.79 Å². The van der Waals surface area contributed by atoms with Crippen LogP contribution in [0.3, 0.4) is 0 Å². The zero-order valence-corrected chi connectivity index (χ0v) is 19.5. The van der Waals surface area contributed by atoms with Crippen LogP contribution in [0.4, 0.5) is 4.79 Å². The fourth-order valence-corrected chi connectivity index (χ4v) is 3.50. The molecule has 1 unspecified atom stereocenters. The maximum atomic E-state index is 11.5. The Balaban J connectivity index is 3.10. The summed E-state index contributed by atoms with van der Waals surface area (Å²) in [4.78, 5) is 21.7. The molecule has 1 N–H and O–H groups in total. The molecule has 29 heavy (non-hydrogen) atoms. The third kappa shape index (κ3) is 23.1. The van der Waals surface area contributed by atoms with E-state index >= 15 is 0 Å². The number of nitrogens with one attached hydrogen (secondary N) is 1. The van der Waals surface area contributed by atoms with Gasteiger partial charge in [0, 0.05) is 13.0 Å². The van der Waals surface area contributed by atoms with Crippen molar-refractivity contribution in [2.24, 2.45) is 0 Å². The van der Waals surface area contributed by atoms with Crippen LogP contribution in [0, 0.1) is 0 Å². The minimum atomic E-state index is -0.273. The van der Waals surface area contributed by atoms with Gasteiger partial charge in [-0.05, 0) is 26.2 Å². The number of hydrogen-bond donors (Lipinski definition) is 1. The van der Waals surface area contributed by atoms with Crippen LogP contribution in [-0.4, -0.2) is 25.0 Å². The molecule has 1 amide bonds. The average molecular weight is 412 g/mol. The fourth-order valence-electron chi connectivity index (χ4n) is 3.50. The number of carbonyl (C=O) groups excluding carboxylic acids is 2. The lowest BCUT2D eigenvalue weighted by molar-refractivity contribution is -0.107. The zero-order chi connectivity index (χ0) is 21.4. The van der Waals surface area contributed by atoms with Crippen molar-refractivity contribution in [2.45, 2.75) is 142 Å². The molecule has 0 aliphatic rings. The Morgan fingerprint density at radius 1 is 0.724 bits per heavy atom. The topological polar surface area (TPSA) is 55.4 Å². The van der Waals surface area contributed by atoms with Gasteiger partial charge in [0.25, 0.3) is 0 Å². The van der Waals surface area contributed by atoms with Crippen LogP contribution in [0.2, 0.25) is 0 Å². The van der Waals surface area contributed by atoms with Gasteiger partial charge >= 0.3 is 6.09 Å². The first kappa shape index (κ1) is 27.9. The standard InChI is InChI=1S/C25H49NO3/c1-3-24(2)29-25(28)26-22-20-18-16-14-12-10-8-6-4-5-7-9-11-13-15-17-19-21-23-27/h23-24H,3-22H2,1-2H3,(H,26,28). The Labute approximate surface area is 180 Å². The van der Waals surface area contributed by atoms with E-state index in [4.69, 9.17) is 4.74 Å². The smallest absolute Gasteiger partial charge is 0.407 e. The molecular weight excluding hydrogens is 362 g/mol. The van der Waals surface area contributed by atoms with Crippen LogP contribution in [0.25, 0.3) is 0 Å². The van der Waals surface area contributed by atoms with Gasteiger partial charge in [0.2, 0.25) is 0 Å². The van der Waals surface area contributed by atoms with E-state index < -0.39 is 0 Å². The van der Waals surface area contributed by atoms with E-state index in [1.807, 2.05) is 13.8 Å². The van der Waals surface area contributed by atoms with Crippen LogP contribution in [0.1, 0.15) is 136 Å². The molecule has 0 aromatic rings. The second kappa shape index (κ2) is 23.2. The molecule has 4 nitrogen and oxygen atoms in total. The summed E-state index contributed by atoms with van der Waals surface area (Å²) < 4.78 is 5.18. The summed E-state index contributed by atoms with van der Waals surface area (Å²) in [5.74, 6) is 0. The number of amides is 1. The second-order valence-electron chi connectivity index (χ2n) is 8.52. The van der Waals surface area contributed by atoms with Crippen molar-refractivity contribution < 1.29 is 14.3 Å². The number of carbonyl (C=O) groups is 2. The molecule has 0 bridgehead atoms. The normalized spacial score (nSPS) is 11.9. The predicted octanol–water partition coefficient (Wildman–Crippen LogP) is 7.73. The Bertz CT molecular complexity index is 360. The van der Waals surface area contributed by atoms with Gasteiger partial charge in [0.05, 0.1) is 0 Å². The van der Waals surface area contributed by atoms with E-state index in [0.29, 0.717) is 0 Å². The van der Waals surface area contributed by atoms with E-state index in [1.165, 1.54) is 96.3 Å². The number of hydrogen-bond acceptors (Lipinski definition) is 3. The first-order chi connectivity index (χ1) is 14.2. The molecule has 0 saturated carbocycles. The highest BCUT2D eigenvalue weighted by atomic mass is 16.6. The number of alkyl carbamates (subject to hydrolysis) is 1. The third-order valence-electron chi connectivity index (χ3n) is 5.65. The molecule has 4 heteroatoms. The summed E-state index contributed by atoms with van der Waals surface area (Å²) in [5.41, 5.74) is 0. The lowest BCUT2D eigenvalue weighted by atomic mass is 10.0. The summed E-state index contributed by atoms with van der Waals surface area (Å²) in [6, 6.07) is 0. The zero-order valence-electron chi connectivity index (χ0n) is 19.5. The SMILES string of the molecule is CCC(C)OC(=O)NCCCCCCCCCCCCCCCCCCCC=O. The third-order valence-corrected chi connectivity index (χ3v) is 5.65. The lowest BCUT2D eigenvalue weighted by Gasteiger charge is -2.11. The minimum absolute atomic E-state index is 0.00512. The van der Waals surface area contributed by atoms with Crippen molar-refractivity contribution in [3.8, 4) is 0 Å². The quantitative estimate of drug-likeness (QED) is 0.146. The summed E-state index contributed by atoms with van der Waals surface area (Å²) in [5, 5.41) is 2.83. The predicted molar refractivity (Wildman–Crippen MR) is 123 cm³/mol. The second-order valence-corrected chi connectivity index (χ2v) is 8.52. The van der Waals surface area contributed by atoms with Crippen LogP contribution in [0.5, 0.6) is 0 Å². The van der Waals surface area contributed by atoms with Gasteiger partial charge in [-0.15, -0.1) is 0 Å². The fraction of sp³-hybridized carbons (Fsp3) is 0.920. The van der Waals surface area contributed by atoms with Crippen molar-refractivity contribution in [1.29, 1.82) is 0 Å². The summed E-state index contributed by atoms with van der Waals surface area (Å²) in [6.45, 7) is 4.67. The van der Waals surface area contributed by atoms with Gasteiger partial charge in [0.15, 0.2) is 0 Å². The van der Waals surface area contributed by atoms with Gasteiger partial charge in [-0.1, -0.05) is 103 Å². The van der Waals surface area contributed by atoms with Gasteiger partial charge in [-0.3, -0.25) is 0 Å². The highest BCUT2D eigenvalue weighted by Gasteiger charge is 2.05. The molecule has 0 aliphatic heterocycles.